The maximum atomic E-state index is 11.8. The fraction of sp³-hybridized carbons (Fsp3) is 0.0833. The van der Waals surface area contributed by atoms with Gasteiger partial charge >= 0.3 is 12.0 Å². The number of carbonyl (C=O) groups excluding carboxylic acids is 1. The highest BCUT2D eigenvalue weighted by atomic mass is 35.5. The van der Waals surface area contributed by atoms with Crippen LogP contribution >= 0.6 is 22.9 Å². The number of carboxylic acids is 1. The zero-order chi connectivity index (χ0) is 14.7. The number of benzene rings is 1. The topological polar surface area (TPSA) is 91.3 Å². The Morgan fingerprint density at radius 3 is 2.70 bits per heavy atom. The smallest absolute Gasteiger partial charge is 0.337 e. The van der Waals surface area contributed by atoms with Crippen LogP contribution in [-0.2, 0) is 0 Å². The van der Waals surface area contributed by atoms with Crippen LogP contribution in [0, 0.1) is 6.92 Å². The van der Waals surface area contributed by atoms with Crippen molar-refractivity contribution in [2.45, 2.75) is 6.92 Å². The van der Waals surface area contributed by atoms with Crippen molar-refractivity contribution in [1.82, 2.24) is 4.98 Å². The largest absolute Gasteiger partial charge is 0.478 e. The quantitative estimate of drug-likeness (QED) is 0.809. The molecular formula is C12H10ClN3O3S. The Morgan fingerprint density at radius 2 is 2.10 bits per heavy atom. The molecule has 104 valence electrons. The molecule has 0 spiro atoms. The predicted molar refractivity (Wildman–Crippen MR) is 77.9 cm³/mol. The molecule has 0 unspecified atom stereocenters. The molecule has 3 N–H and O–H groups in total. The van der Waals surface area contributed by atoms with Crippen molar-refractivity contribution >= 4 is 45.8 Å². The second-order valence-corrected chi connectivity index (χ2v) is 5.16. The number of urea groups is 1. The van der Waals surface area contributed by atoms with Gasteiger partial charge in [0.05, 0.1) is 16.9 Å². The van der Waals surface area contributed by atoms with Gasteiger partial charge < -0.3 is 10.4 Å². The lowest BCUT2D eigenvalue weighted by Crippen LogP contribution is -2.21. The third-order valence-electron chi connectivity index (χ3n) is 2.30. The van der Waals surface area contributed by atoms with E-state index in [0.29, 0.717) is 10.2 Å². The normalized spacial score (nSPS) is 10.1. The van der Waals surface area contributed by atoms with Crippen molar-refractivity contribution in [3.8, 4) is 0 Å². The van der Waals surface area contributed by atoms with Crippen molar-refractivity contribution in [2.75, 3.05) is 10.6 Å². The van der Waals surface area contributed by atoms with E-state index in [0.717, 1.165) is 5.69 Å². The second-order valence-electron chi connectivity index (χ2n) is 3.87. The molecule has 2 amide bonds. The number of amides is 2. The highest BCUT2D eigenvalue weighted by molar-refractivity contribution is 7.13. The predicted octanol–water partition coefficient (Wildman–Crippen LogP) is 3.45. The highest BCUT2D eigenvalue weighted by Gasteiger charge is 2.13. The van der Waals surface area contributed by atoms with Crippen LogP contribution in [0.15, 0.2) is 23.6 Å². The van der Waals surface area contributed by atoms with E-state index in [-0.39, 0.29) is 11.3 Å². The van der Waals surface area contributed by atoms with E-state index in [1.54, 1.807) is 12.3 Å². The molecule has 0 aliphatic heterocycles. The maximum absolute atomic E-state index is 11.8. The molecule has 0 aliphatic carbocycles. The Labute approximate surface area is 123 Å². The summed E-state index contributed by atoms with van der Waals surface area (Å²) < 4.78 is 0. The van der Waals surface area contributed by atoms with E-state index < -0.39 is 12.0 Å². The molecule has 0 saturated carbocycles. The number of nitrogens with zero attached hydrogens (tertiary/aromatic N) is 1. The van der Waals surface area contributed by atoms with Crippen LogP contribution in [0.25, 0.3) is 0 Å². The lowest BCUT2D eigenvalue weighted by atomic mass is 10.2. The average molecular weight is 312 g/mol. The minimum absolute atomic E-state index is 0.0418. The summed E-state index contributed by atoms with van der Waals surface area (Å²) in [6.07, 6.45) is 0. The van der Waals surface area contributed by atoms with Crippen molar-refractivity contribution in [3.63, 3.8) is 0 Å². The van der Waals surface area contributed by atoms with E-state index in [9.17, 15) is 9.59 Å². The van der Waals surface area contributed by atoms with Gasteiger partial charge in [-0.3, -0.25) is 5.32 Å². The summed E-state index contributed by atoms with van der Waals surface area (Å²) in [5, 5.41) is 16.5. The molecule has 1 aromatic heterocycles. The van der Waals surface area contributed by atoms with Crippen LogP contribution in [0.4, 0.5) is 15.6 Å². The van der Waals surface area contributed by atoms with Gasteiger partial charge in [-0.05, 0) is 25.1 Å². The lowest BCUT2D eigenvalue weighted by molar-refractivity contribution is 0.0698. The SMILES string of the molecule is Cc1csc(NC(=O)Nc2cc(Cl)ccc2C(=O)O)n1. The van der Waals surface area contributed by atoms with E-state index in [1.165, 1.54) is 29.5 Å². The Bertz CT molecular complexity index is 672. The van der Waals surface area contributed by atoms with E-state index >= 15 is 0 Å². The monoisotopic (exact) mass is 311 g/mol. The molecule has 1 heterocycles. The number of thiazole rings is 1. The van der Waals surface area contributed by atoms with Crippen LogP contribution in [0.5, 0.6) is 0 Å². The number of carbonyl (C=O) groups is 2. The van der Waals surface area contributed by atoms with Crippen LogP contribution in [0.2, 0.25) is 5.02 Å². The molecule has 0 atom stereocenters. The van der Waals surface area contributed by atoms with Crippen LogP contribution < -0.4 is 10.6 Å². The van der Waals surface area contributed by atoms with Gasteiger partial charge in [0, 0.05) is 10.4 Å². The molecule has 2 aromatic rings. The molecule has 0 radical (unpaired) electrons. The summed E-state index contributed by atoms with van der Waals surface area (Å²) in [6.45, 7) is 1.80. The summed E-state index contributed by atoms with van der Waals surface area (Å²) in [5.74, 6) is -1.15. The lowest BCUT2D eigenvalue weighted by Gasteiger charge is -2.08. The van der Waals surface area contributed by atoms with Gasteiger partial charge in [0.2, 0.25) is 0 Å². The molecule has 0 bridgehead atoms. The maximum Gasteiger partial charge on any atom is 0.337 e. The third-order valence-corrected chi connectivity index (χ3v) is 3.41. The van der Waals surface area contributed by atoms with Gasteiger partial charge in [-0.25, -0.2) is 14.6 Å². The number of aromatic nitrogens is 1. The van der Waals surface area contributed by atoms with Crippen molar-refractivity contribution < 1.29 is 14.7 Å². The molecule has 0 aliphatic rings. The zero-order valence-electron chi connectivity index (χ0n) is 10.3. The van der Waals surface area contributed by atoms with Crippen molar-refractivity contribution in [1.29, 1.82) is 0 Å². The van der Waals surface area contributed by atoms with Gasteiger partial charge in [0.25, 0.3) is 0 Å². The number of nitrogens with one attached hydrogen (secondary N) is 2. The van der Waals surface area contributed by atoms with Gasteiger partial charge in [-0.2, -0.15) is 0 Å². The first-order chi connectivity index (χ1) is 9.45. The van der Waals surface area contributed by atoms with Crippen LogP contribution in [-0.4, -0.2) is 22.1 Å². The van der Waals surface area contributed by atoms with Gasteiger partial charge in [-0.15, -0.1) is 11.3 Å². The molecule has 0 saturated heterocycles. The molecule has 0 fully saturated rings. The number of rotatable bonds is 3. The summed E-state index contributed by atoms with van der Waals surface area (Å²) in [4.78, 5) is 26.9. The summed E-state index contributed by atoms with van der Waals surface area (Å²) in [6, 6.07) is 3.56. The number of aromatic carboxylic acids is 1. The average Bonchev–Trinajstić information content (AvgIpc) is 2.74. The number of hydrogen-bond donors (Lipinski definition) is 3. The second kappa shape index (κ2) is 5.89. The van der Waals surface area contributed by atoms with Crippen molar-refractivity contribution in [2.24, 2.45) is 0 Å². The minimum atomic E-state index is -1.15. The van der Waals surface area contributed by atoms with Crippen LogP contribution in [0.1, 0.15) is 16.1 Å². The Morgan fingerprint density at radius 1 is 1.35 bits per heavy atom. The first kappa shape index (κ1) is 14.3. The highest BCUT2D eigenvalue weighted by Crippen LogP contribution is 2.22. The first-order valence-electron chi connectivity index (χ1n) is 5.48. The van der Waals surface area contributed by atoms with E-state index in [4.69, 9.17) is 16.7 Å². The van der Waals surface area contributed by atoms with Crippen LogP contribution in [0.3, 0.4) is 0 Å². The van der Waals surface area contributed by atoms with Crippen molar-refractivity contribution in [3.05, 3.63) is 39.9 Å². The van der Waals surface area contributed by atoms with E-state index in [1.807, 2.05) is 0 Å². The third kappa shape index (κ3) is 3.46. The number of halogens is 1. The molecule has 20 heavy (non-hydrogen) atoms. The molecule has 6 nitrogen and oxygen atoms in total. The molecular weight excluding hydrogens is 302 g/mol. The fourth-order valence-corrected chi connectivity index (χ4v) is 2.32. The summed E-state index contributed by atoms with van der Waals surface area (Å²) >= 11 is 7.07. The zero-order valence-corrected chi connectivity index (χ0v) is 11.9. The number of carboxylic acid groups (broad SMARTS) is 1. The first-order valence-corrected chi connectivity index (χ1v) is 6.74. The summed E-state index contributed by atoms with van der Waals surface area (Å²) in [5.41, 5.74) is 0.870. The fourth-order valence-electron chi connectivity index (χ4n) is 1.47. The standard InChI is InChI=1S/C12H10ClN3O3S/c1-6-5-20-12(14-6)16-11(19)15-9-4-7(13)2-3-8(9)10(17)18/h2-5H,1H3,(H,17,18)(H2,14,15,16,19). The van der Waals surface area contributed by atoms with E-state index in [2.05, 4.69) is 15.6 Å². The van der Waals surface area contributed by atoms with Gasteiger partial charge in [0.1, 0.15) is 0 Å². The molecule has 8 heteroatoms. The number of aryl methyl sites for hydroxylation is 1. The minimum Gasteiger partial charge on any atom is -0.478 e. The number of hydrogen-bond acceptors (Lipinski definition) is 4. The van der Waals surface area contributed by atoms with Gasteiger partial charge in [0.15, 0.2) is 5.13 Å². The molecule has 2 rings (SSSR count). The Kier molecular flexibility index (Phi) is 4.21. The molecule has 1 aromatic carbocycles. The number of anilines is 2. The Balaban J connectivity index is 2.15. The summed E-state index contributed by atoms with van der Waals surface area (Å²) in [7, 11) is 0. The Hall–Kier alpha value is -2.12. The van der Waals surface area contributed by atoms with Gasteiger partial charge in [-0.1, -0.05) is 11.6 Å².